The predicted molar refractivity (Wildman–Crippen MR) is 134 cm³/mol. The third-order valence-electron chi connectivity index (χ3n) is 6.26. The van der Waals surface area contributed by atoms with E-state index in [0.717, 1.165) is 12.8 Å². The van der Waals surface area contributed by atoms with Gasteiger partial charge in [-0.2, -0.15) is 0 Å². The Bertz CT molecular complexity index is 1360. The minimum Gasteiger partial charge on any atom is -0.326 e. The highest BCUT2D eigenvalue weighted by Crippen LogP contribution is 2.35. The first-order valence-electron chi connectivity index (χ1n) is 11.7. The maximum absolute atomic E-state index is 13.4. The first-order chi connectivity index (χ1) is 17.8. The number of carbonyl (C=O) groups excluding carboxylic acids is 3. The topological polar surface area (TPSA) is 112 Å². The molecule has 1 atom stereocenters. The predicted octanol–water partition coefficient (Wildman–Crippen LogP) is 2.38. The SMILES string of the molecule is C[n+]1noc(NC(=O)c2ccccc2)c1CN1C(=S)N(C2CC2)C(=O)C1CC(=O)Nc1ccc(F)cc1. The van der Waals surface area contributed by atoms with E-state index >= 15 is 0 Å². The van der Waals surface area contributed by atoms with Crippen LogP contribution in [0.15, 0.2) is 59.1 Å². The van der Waals surface area contributed by atoms with Gasteiger partial charge in [-0.25, -0.2) is 4.39 Å². The van der Waals surface area contributed by atoms with Gasteiger partial charge in [0, 0.05) is 17.3 Å². The molecule has 1 aliphatic carbocycles. The van der Waals surface area contributed by atoms with Gasteiger partial charge in [0.2, 0.25) is 11.2 Å². The largest absolute Gasteiger partial charge is 0.326 e. The summed E-state index contributed by atoms with van der Waals surface area (Å²) in [6, 6.07) is 13.2. The van der Waals surface area contributed by atoms with E-state index in [1.54, 1.807) is 47.2 Å². The van der Waals surface area contributed by atoms with Crippen molar-refractivity contribution in [2.24, 2.45) is 7.05 Å². The van der Waals surface area contributed by atoms with Gasteiger partial charge in [-0.1, -0.05) is 18.2 Å². The number of thiocarbonyl (C=S) groups is 1. The molecule has 10 nitrogen and oxygen atoms in total. The molecule has 2 N–H and O–H groups in total. The maximum Gasteiger partial charge on any atom is 0.307 e. The summed E-state index contributed by atoms with van der Waals surface area (Å²) in [5.41, 5.74) is 1.33. The fourth-order valence-electron chi connectivity index (χ4n) is 4.17. The van der Waals surface area contributed by atoms with Crippen LogP contribution >= 0.6 is 12.2 Å². The highest BCUT2D eigenvalue weighted by Gasteiger charge is 2.50. The molecule has 1 aromatic heterocycles. The molecule has 2 aromatic carbocycles. The molecule has 3 amide bonds. The molecule has 5 rings (SSSR count). The maximum atomic E-state index is 13.4. The molecule has 0 spiro atoms. The van der Waals surface area contributed by atoms with Crippen LogP contribution in [0.2, 0.25) is 0 Å². The van der Waals surface area contributed by atoms with Crippen molar-refractivity contribution >= 4 is 46.6 Å². The second kappa shape index (κ2) is 10.1. The van der Waals surface area contributed by atoms with Crippen molar-refractivity contribution in [3.05, 3.63) is 71.7 Å². The van der Waals surface area contributed by atoms with Gasteiger partial charge in [0.25, 0.3) is 17.5 Å². The molecule has 0 radical (unpaired) electrons. The number of rotatable bonds is 8. The van der Waals surface area contributed by atoms with Crippen molar-refractivity contribution in [1.29, 1.82) is 0 Å². The first-order valence-corrected chi connectivity index (χ1v) is 12.1. The van der Waals surface area contributed by atoms with Gasteiger partial charge in [-0.05, 0) is 66.1 Å². The number of hydrogen-bond donors (Lipinski definition) is 2. The molecular formula is C25H24FN6O4S+. The van der Waals surface area contributed by atoms with Crippen molar-refractivity contribution in [2.75, 3.05) is 10.6 Å². The second-order valence-electron chi connectivity index (χ2n) is 8.92. The van der Waals surface area contributed by atoms with Crippen LogP contribution in [0.4, 0.5) is 16.0 Å². The number of carbonyl (C=O) groups is 3. The average molecular weight is 524 g/mol. The third-order valence-corrected chi connectivity index (χ3v) is 6.69. The second-order valence-corrected chi connectivity index (χ2v) is 9.28. The lowest BCUT2D eigenvalue weighted by molar-refractivity contribution is -0.746. The van der Waals surface area contributed by atoms with Gasteiger partial charge >= 0.3 is 5.88 Å². The van der Waals surface area contributed by atoms with Crippen molar-refractivity contribution in [1.82, 2.24) is 15.1 Å². The van der Waals surface area contributed by atoms with Crippen LogP contribution in [0.25, 0.3) is 0 Å². The summed E-state index contributed by atoms with van der Waals surface area (Å²) in [5.74, 6) is -1.35. The van der Waals surface area contributed by atoms with Crippen molar-refractivity contribution < 1.29 is 28.0 Å². The lowest BCUT2D eigenvalue weighted by atomic mass is 10.1. The van der Waals surface area contributed by atoms with Crippen molar-refractivity contribution in [2.45, 2.75) is 37.9 Å². The highest BCUT2D eigenvalue weighted by molar-refractivity contribution is 7.80. The summed E-state index contributed by atoms with van der Waals surface area (Å²) < 4.78 is 20.0. The van der Waals surface area contributed by atoms with E-state index in [9.17, 15) is 18.8 Å². The number of benzene rings is 2. The van der Waals surface area contributed by atoms with E-state index in [-0.39, 0.29) is 36.7 Å². The quantitative estimate of drug-likeness (QED) is 0.345. The lowest BCUT2D eigenvalue weighted by Gasteiger charge is -2.22. The molecule has 2 aliphatic rings. The number of halogens is 1. The Balaban J connectivity index is 1.36. The Kier molecular flexibility index (Phi) is 6.66. The van der Waals surface area contributed by atoms with E-state index in [2.05, 4.69) is 15.9 Å². The number of nitrogens with one attached hydrogen (secondary N) is 2. The normalized spacial score (nSPS) is 17.3. The van der Waals surface area contributed by atoms with Gasteiger partial charge in [0.1, 0.15) is 18.4 Å². The Morgan fingerprint density at radius 1 is 1.14 bits per heavy atom. The van der Waals surface area contributed by atoms with E-state index in [1.165, 1.54) is 28.9 Å². The van der Waals surface area contributed by atoms with Crippen LogP contribution in [-0.2, 0) is 23.2 Å². The van der Waals surface area contributed by atoms with E-state index in [4.69, 9.17) is 16.7 Å². The number of amides is 3. The van der Waals surface area contributed by atoms with Crippen molar-refractivity contribution in [3.8, 4) is 0 Å². The zero-order chi connectivity index (χ0) is 26.1. The molecule has 2 fully saturated rings. The van der Waals surface area contributed by atoms with Gasteiger partial charge in [-0.15, -0.1) is 0 Å². The Morgan fingerprint density at radius 3 is 2.51 bits per heavy atom. The van der Waals surface area contributed by atoms with Crippen LogP contribution in [0.1, 0.15) is 35.3 Å². The van der Waals surface area contributed by atoms with Crippen LogP contribution in [0.3, 0.4) is 0 Å². The summed E-state index contributed by atoms with van der Waals surface area (Å²) in [5, 5.41) is 9.64. The van der Waals surface area contributed by atoms with E-state index < -0.39 is 17.8 Å². The molecule has 2 heterocycles. The number of aromatic nitrogens is 2. The molecule has 190 valence electrons. The smallest absolute Gasteiger partial charge is 0.307 e. The monoisotopic (exact) mass is 523 g/mol. The summed E-state index contributed by atoms with van der Waals surface area (Å²) in [6.07, 6.45) is 1.52. The number of aryl methyl sites for hydroxylation is 1. The summed E-state index contributed by atoms with van der Waals surface area (Å²) in [7, 11) is 1.65. The van der Waals surface area contributed by atoms with E-state index in [0.29, 0.717) is 22.1 Å². The Labute approximate surface area is 217 Å². The Hall–Kier alpha value is -4.19. The van der Waals surface area contributed by atoms with Gasteiger partial charge in [0.05, 0.1) is 6.42 Å². The highest BCUT2D eigenvalue weighted by atomic mass is 32.1. The molecule has 1 aliphatic heterocycles. The van der Waals surface area contributed by atoms with Crippen LogP contribution < -0.4 is 15.3 Å². The summed E-state index contributed by atoms with van der Waals surface area (Å²) in [6.45, 7) is 0.0761. The van der Waals surface area contributed by atoms with E-state index in [1.807, 2.05) is 0 Å². The minimum absolute atomic E-state index is 0.0149. The lowest BCUT2D eigenvalue weighted by Crippen LogP contribution is -2.43. The average Bonchev–Trinajstić information content (AvgIpc) is 3.62. The van der Waals surface area contributed by atoms with Crippen LogP contribution in [0.5, 0.6) is 0 Å². The van der Waals surface area contributed by atoms with Crippen LogP contribution in [-0.4, -0.2) is 50.0 Å². The molecule has 1 saturated carbocycles. The van der Waals surface area contributed by atoms with Gasteiger partial charge in [0.15, 0.2) is 12.2 Å². The molecule has 1 unspecified atom stereocenters. The minimum atomic E-state index is -0.860. The fourth-order valence-corrected chi connectivity index (χ4v) is 4.60. The number of anilines is 2. The third kappa shape index (κ3) is 5.19. The zero-order valence-electron chi connectivity index (χ0n) is 19.9. The molecule has 3 aromatic rings. The summed E-state index contributed by atoms with van der Waals surface area (Å²) >= 11 is 5.66. The zero-order valence-corrected chi connectivity index (χ0v) is 20.7. The molecule has 1 saturated heterocycles. The first kappa shape index (κ1) is 24.5. The molecule has 0 bridgehead atoms. The van der Waals surface area contributed by atoms with Gasteiger partial charge in [-0.3, -0.25) is 29.1 Å². The fraction of sp³-hybridized carbons (Fsp3) is 0.280. The molecule has 12 heteroatoms. The summed E-state index contributed by atoms with van der Waals surface area (Å²) in [4.78, 5) is 42.1. The Morgan fingerprint density at radius 2 is 1.84 bits per heavy atom. The standard InChI is InChI=1S/C25H23FN6O4S/c1-30-20(23(36-29-30)28-22(34)15-5-3-2-4-6-15)14-31-19(24(35)32(25(31)37)18-11-12-18)13-21(33)27-17-9-7-16(26)8-10-17/h2-10,18-19H,11-14H2,1H3,(H-,27,28,29,33,34)/p+1. The number of hydrogen-bond acceptors (Lipinski definition) is 6. The number of nitrogens with zero attached hydrogens (tertiary/aromatic N) is 4. The molecule has 37 heavy (non-hydrogen) atoms. The van der Waals surface area contributed by atoms with Crippen LogP contribution in [0, 0.1) is 5.82 Å². The van der Waals surface area contributed by atoms with Gasteiger partial charge < -0.3 is 10.2 Å². The molecular weight excluding hydrogens is 499 g/mol. The van der Waals surface area contributed by atoms with Crippen molar-refractivity contribution in [3.63, 3.8) is 0 Å².